The molecule has 1 aromatic carbocycles. The molecule has 9 nitrogen and oxygen atoms in total. The standard InChI is InChI=1S/C26H32ClN5O4/c1-25(2)15-35-8-7-32(25)22(33)12-31-14-26(3,4)36-13-21(31)24(34)30-19-10-16(27)9-18-17-5-6-28-11-20(17)29-23(18)19/h5-6,9-11,21,29H,7-8,12-15H2,1-4H3,(H,30,34)/t21-/m0/s1. The number of fused-ring (bicyclic) bond motifs is 3. The Morgan fingerprint density at radius 1 is 1.25 bits per heavy atom. The van der Waals surface area contributed by atoms with Gasteiger partial charge in [-0.15, -0.1) is 0 Å². The van der Waals surface area contributed by atoms with Crippen LogP contribution in [0.2, 0.25) is 5.02 Å². The number of ether oxygens (including phenoxy) is 2. The maximum atomic E-state index is 13.6. The molecule has 2 aliphatic rings. The van der Waals surface area contributed by atoms with E-state index in [0.29, 0.717) is 37.0 Å². The minimum atomic E-state index is -0.633. The highest BCUT2D eigenvalue weighted by atomic mass is 35.5. The Morgan fingerprint density at radius 3 is 2.83 bits per heavy atom. The molecule has 2 saturated heterocycles. The number of pyridine rings is 1. The molecule has 36 heavy (non-hydrogen) atoms. The van der Waals surface area contributed by atoms with Crippen LogP contribution in [0.15, 0.2) is 30.6 Å². The second-order valence-corrected chi connectivity index (χ2v) is 11.2. The maximum absolute atomic E-state index is 13.6. The van der Waals surface area contributed by atoms with Gasteiger partial charge in [0.25, 0.3) is 0 Å². The van der Waals surface area contributed by atoms with Gasteiger partial charge in [-0.3, -0.25) is 19.5 Å². The first-order chi connectivity index (χ1) is 17.0. The predicted molar refractivity (Wildman–Crippen MR) is 139 cm³/mol. The lowest BCUT2D eigenvalue weighted by molar-refractivity contribution is -0.158. The van der Waals surface area contributed by atoms with Crippen LogP contribution in [-0.2, 0) is 19.1 Å². The van der Waals surface area contributed by atoms with Gasteiger partial charge in [0.2, 0.25) is 11.8 Å². The zero-order valence-corrected chi connectivity index (χ0v) is 21.8. The van der Waals surface area contributed by atoms with Gasteiger partial charge in [0.05, 0.1) is 60.4 Å². The van der Waals surface area contributed by atoms with Gasteiger partial charge in [0, 0.05) is 35.1 Å². The first kappa shape index (κ1) is 25.0. The van der Waals surface area contributed by atoms with Crippen molar-refractivity contribution in [2.24, 2.45) is 0 Å². The largest absolute Gasteiger partial charge is 0.377 e. The number of carbonyl (C=O) groups excluding carboxylic acids is 2. The molecule has 2 aliphatic heterocycles. The Kier molecular flexibility index (Phi) is 6.45. The fraction of sp³-hybridized carbons (Fsp3) is 0.500. The number of amides is 2. The summed E-state index contributed by atoms with van der Waals surface area (Å²) in [4.78, 5) is 38.3. The SMILES string of the molecule is CC1(C)CN(CC(=O)N2CCOCC2(C)C)[C@H](C(=O)Nc2cc(Cl)cc3c2[nH]c2cnccc23)CO1. The molecule has 2 N–H and O–H groups in total. The number of carbonyl (C=O) groups is 2. The summed E-state index contributed by atoms with van der Waals surface area (Å²) in [5.74, 6) is -0.271. The third-order valence-electron chi connectivity index (χ3n) is 6.98. The number of halogens is 1. The summed E-state index contributed by atoms with van der Waals surface area (Å²) >= 11 is 6.42. The minimum absolute atomic E-state index is 0.0212. The van der Waals surface area contributed by atoms with Gasteiger partial charge < -0.3 is 24.7 Å². The van der Waals surface area contributed by atoms with Gasteiger partial charge in [-0.05, 0) is 45.9 Å². The number of anilines is 1. The number of rotatable bonds is 4. The average Bonchev–Trinajstić information content (AvgIpc) is 3.17. The van der Waals surface area contributed by atoms with Gasteiger partial charge in [-0.1, -0.05) is 11.6 Å². The van der Waals surface area contributed by atoms with E-state index in [0.717, 1.165) is 21.8 Å². The molecule has 2 amide bonds. The van der Waals surface area contributed by atoms with Crippen molar-refractivity contribution in [3.63, 3.8) is 0 Å². The molecule has 2 fully saturated rings. The van der Waals surface area contributed by atoms with Crippen LogP contribution in [0, 0.1) is 0 Å². The lowest BCUT2D eigenvalue weighted by atomic mass is 10.0. The molecule has 0 aliphatic carbocycles. The third-order valence-corrected chi connectivity index (χ3v) is 7.19. The number of hydrogen-bond donors (Lipinski definition) is 2. The number of H-pyrrole nitrogens is 1. The lowest BCUT2D eigenvalue weighted by Crippen LogP contribution is -2.62. The van der Waals surface area contributed by atoms with Gasteiger partial charge in [-0.2, -0.15) is 0 Å². The van der Waals surface area contributed by atoms with Crippen LogP contribution in [0.3, 0.4) is 0 Å². The molecular weight excluding hydrogens is 482 g/mol. The smallest absolute Gasteiger partial charge is 0.244 e. The summed E-state index contributed by atoms with van der Waals surface area (Å²) in [6.07, 6.45) is 3.47. The Morgan fingerprint density at radius 2 is 2.06 bits per heavy atom. The van der Waals surface area contributed by atoms with E-state index in [1.165, 1.54) is 0 Å². The summed E-state index contributed by atoms with van der Waals surface area (Å²) in [5.41, 5.74) is 1.32. The van der Waals surface area contributed by atoms with Crippen LogP contribution in [0.25, 0.3) is 21.8 Å². The predicted octanol–water partition coefficient (Wildman–Crippen LogP) is 3.42. The molecule has 1 atom stereocenters. The summed E-state index contributed by atoms with van der Waals surface area (Å²) < 4.78 is 11.6. The van der Waals surface area contributed by atoms with Crippen LogP contribution >= 0.6 is 11.6 Å². The Hall–Kier alpha value is -2.72. The normalized spacial score (nSPS) is 22.1. The monoisotopic (exact) mass is 513 g/mol. The molecule has 0 radical (unpaired) electrons. The zero-order chi connectivity index (χ0) is 25.7. The van der Waals surface area contributed by atoms with Crippen LogP contribution in [0.1, 0.15) is 27.7 Å². The number of benzene rings is 1. The second-order valence-electron chi connectivity index (χ2n) is 10.8. The number of nitrogens with zero attached hydrogens (tertiary/aromatic N) is 3. The summed E-state index contributed by atoms with van der Waals surface area (Å²) in [6.45, 7) is 10.2. The van der Waals surface area contributed by atoms with Crippen LogP contribution < -0.4 is 5.32 Å². The Labute approximate surface area is 215 Å². The Bertz CT molecular complexity index is 1320. The van der Waals surface area contributed by atoms with E-state index >= 15 is 0 Å². The van der Waals surface area contributed by atoms with Crippen molar-refractivity contribution >= 4 is 50.9 Å². The first-order valence-corrected chi connectivity index (χ1v) is 12.5. The van der Waals surface area contributed by atoms with Gasteiger partial charge >= 0.3 is 0 Å². The van der Waals surface area contributed by atoms with Gasteiger partial charge in [0.1, 0.15) is 6.04 Å². The molecule has 0 saturated carbocycles. The number of nitrogens with one attached hydrogen (secondary N) is 2. The molecule has 192 valence electrons. The number of morpholine rings is 2. The molecular formula is C26H32ClN5O4. The van der Waals surface area contributed by atoms with E-state index in [1.807, 2.05) is 49.6 Å². The fourth-order valence-corrected chi connectivity index (χ4v) is 5.39. The molecule has 10 heteroatoms. The minimum Gasteiger partial charge on any atom is -0.377 e. The topological polar surface area (TPSA) is 99.8 Å². The van der Waals surface area contributed by atoms with Crippen molar-refractivity contribution < 1.29 is 19.1 Å². The molecule has 0 unspecified atom stereocenters. The number of aromatic nitrogens is 2. The van der Waals surface area contributed by atoms with E-state index in [9.17, 15) is 9.59 Å². The first-order valence-electron chi connectivity index (χ1n) is 12.2. The van der Waals surface area contributed by atoms with Crippen molar-refractivity contribution in [3.05, 3.63) is 35.6 Å². The molecule has 4 heterocycles. The van der Waals surface area contributed by atoms with Crippen molar-refractivity contribution in [3.8, 4) is 0 Å². The van der Waals surface area contributed by atoms with E-state index < -0.39 is 17.2 Å². The van der Waals surface area contributed by atoms with Crippen molar-refractivity contribution in [2.75, 3.05) is 44.8 Å². The molecule has 0 bridgehead atoms. The van der Waals surface area contributed by atoms with Crippen molar-refractivity contribution in [1.29, 1.82) is 0 Å². The van der Waals surface area contributed by atoms with Gasteiger partial charge in [-0.25, -0.2) is 0 Å². The van der Waals surface area contributed by atoms with Crippen LogP contribution in [0.4, 0.5) is 5.69 Å². The fourth-order valence-electron chi connectivity index (χ4n) is 5.17. The van der Waals surface area contributed by atoms with Gasteiger partial charge in [0.15, 0.2) is 0 Å². The Balaban J connectivity index is 1.40. The van der Waals surface area contributed by atoms with Crippen molar-refractivity contribution in [2.45, 2.75) is 44.9 Å². The molecule has 0 spiro atoms. The lowest BCUT2D eigenvalue weighted by Gasteiger charge is -2.46. The summed E-state index contributed by atoms with van der Waals surface area (Å²) in [5, 5.41) is 5.43. The van der Waals surface area contributed by atoms with Crippen LogP contribution in [0.5, 0.6) is 0 Å². The van der Waals surface area contributed by atoms with E-state index in [1.54, 1.807) is 18.5 Å². The van der Waals surface area contributed by atoms with Crippen molar-refractivity contribution in [1.82, 2.24) is 19.8 Å². The van der Waals surface area contributed by atoms with Crippen LogP contribution in [-0.4, -0.2) is 88.2 Å². The molecule has 5 rings (SSSR count). The highest BCUT2D eigenvalue weighted by Gasteiger charge is 2.41. The molecule has 3 aromatic rings. The number of hydrogen-bond acceptors (Lipinski definition) is 6. The highest BCUT2D eigenvalue weighted by Crippen LogP contribution is 2.33. The third kappa shape index (κ3) is 4.80. The highest BCUT2D eigenvalue weighted by molar-refractivity contribution is 6.33. The maximum Gasteiger partial charge on any atom is 0.244 e. The average molecular weight is 514 g/mol. The quantitative estimate of drug-likeness (QED) is 0.554. The second kappa shape index (κ2) is 9.30. The summed E-state index contributed by atoms with van der Waals surface area (Å²) in [7, 11) is 0. The number of aromatic amines is 1. The van der Waals surface area contributed by atoms with E-state index in [-0.39, 0.29) is 25.0 Å². The van der Waals surface area contributed by atoms with E-state index in [2.05, 4.69) is 15.3 Å². The molecule has 2 aromatic heterocycles. The summed E-state index contributed by atoms with van der Waals surface area (Å²) in [6, 6.07) is 4.87. The van der Waals surface area contributed by atoms with E-state index in [4.69, 9.17) is 21.1 Å². The zero-order valence-electron chi connectivity index (χ0n) is 21.1.